The molecule has 2 bridgehead atoms. The van der Waals surface area contributed by atoms with Crippen LogP contribution in [0.25, 0.3) is 0 Å². The normalized spacial score (nSPS) is 26.4. The van der Waals surface area contributed by atoms with E-state index in [1.807, 2.05) is 12.1 Å². The van der Waals surface area contributed by atoms with E-state index >= 15 is 0 Å². The fraction of sp³-hybridized carbons (Fsp3) is 0.731. The van der Waals surface area contributed by atoms with Crippen LogP contribution in [-0.4, -0.2) is 5.97 Å². The van der Waals surface area contributed by atoms with Gasteiger partial charge in [0.15, 0.2) is 0 Å². The Morgan fingerprint density at radius 2 is 1.43 bits per heavy atom. The van der Waals surface area contributed by atoms with E-state index in [0.717, 1.165) is 12.8 Å². The van der Waals surface area contributed by atoms with Crippen molar-refractivity contribution in [1.29, 1.82) is 0 Å². The van der Waals surface area contributed by atoms with Crippen LogP contribution >= 0.6 is 0 Å². The van der Waals surface area contributed by atoms with Crippen LogP contribution in [0.4, 0.5) is 0 Å². The summed E-state index contributed by atoms with van der Waals surface area (Å²) >= 11 is 0. The summed E-state index contributed by atoms with van der Waals surface area (Å²) in [5.41, 5.74) is 2.51. The van der Waals surface area contributed by atoms with E-state index in [-0.39, 0.29) is 5.97 Å². The molecule has 2 nitrogen and oxygen atoms in total. The number of ether oxygens (including phenoxy) is 1. The molecule has 3 aliphatic rings. The summed E-state index contributed by atoms with van der Waals surface area (Å²) < 4.78 is 5.48. The first kappa shape index (κ1) is 21.4. The van der Waals surface area contributed by atoms with Gasteiger partial charge in [0.1, 0.15) is 5.75 Å². The molecule has 2 heteroatoms. The summed E-state index contributed by atoms with van der Waals surface area (Å²) in [4.78, 5) is 11.8. The van der Waals surface area contributed by atoms with Gasteiger partial charge >= 0.3 is 5.97 Å². The standard InChI is InChI=1S/C26H40O2/c1-3-5-7-8-9-15-25-16-19-26(20-17-25,21-18-25)22-11-13-23(14-12-22)28-24(27)10-6-4-2/h11-14H,3-10,15-21H2,1-2H3. The zero-order chi connectivity index (χ0) is 19.9. The number of benzene rings is 1. The van der Waals surface area contributed by atoms with E-state index < -0.39 is 0 Å². The van der Waals surface area contributed by atoms with Crippen molar-refractivity contribution in [2.24, 2.45) is 5.41 Å². The topological polar surface area (TPSA) is 26.3 Å². The second kappa shape index (κ2) is 9.94. The molecule has 0 unspecified atom stereocenters. The molecular formula is C26H40O2. The molecule has 0 saturated heterocycles. The average Bonchev–Trinajstić information content (AvgIpc) is 2.74. The quantitative estimate of drug-likeness (QED) is 0.221. The van der Waals surface area contributed by atoms with E-state index in [0.29, 0.717) is 23.0 Å². The highest BCUT2D eigenvalue weighted by atomic mass is 16.5. The summed E-state index contributed by atoms with van der Waals surface area (Å²) in [5.74, 6) is 0.598. The molecule has 0 aromatic heterocycles. The number of fused-ring (bicyclic) bond motifs is 3. The van der Waals surface area contributed by atoms with Crippen molar-refractivity contribution in [3.05, 3.63) is 29.8 Å². The Bertz CT molecular complexity index is 591. The molecule has 1 aromatic carbocycles. The van der Waals surface area contributed by atoms with E-state index in [9.17, 15) is 4.79 Å². The summed E-state index contributed by atoms with van der Waals surface area (Å²) in [6.07, 6.45) is 19.2. The van der Waals surface area contributed by atoms with Gasteiger partial charge in [0.2, 0.25) is 0 Å². The highest BCUT2D eigenvalue weighted by Crippen LogP contribution is 2.59. The lowest BCUT2D eigenvalue weighted by molar-refractivity contribution is -0.134. The average molecular weight is 385 g/mol. The maximum Gasteiger partial charge on any atom is 0.311 e. The SMILES string of the molecule is CCCCCCCC12CCC(c3ccc(OC(=O)CCCC)cc3)(CC1)CC2. The van der Waals surface area contributed by atoms with E-state index in [1.165, 1.54) is 82.6 Å². The van der Waals surface area contributed by atoms with Gasteiger partial charge in [0.05, 0.1) is 0 Å². The van der Waals surface area contributed by atoms with Crippen LogP contribution in [0.2, 0.25) is 0 Å². The molecule has 0 heterocycles. The summed E-state index contributed by atoms with van der Waals surface area (Å²) in [5, 5.41) is 0. The Morgan fingerprint density at radius 3 is 2.04 bits per heavy atom. The molecule has 3 saturated carbocycles. The zero-order valence-corrected chi connectivity index (χ0v) is 18.2. The predicted molar refractivity (Wildman–Crippen MR) is 117 cm³/mol. The number of hydrogen-bond acceptors (Lipinski definition) is 2. The van der Waals surface area contributed by atoms with Crippen molar-refractivity contribution < 1.29 is 9.53 Å². The molecule has 3 fully saturated rings. The van der Waals surface area contributed by atoms with Crippen molar-refractivity contribution in [1.82, 2.24) is 0 Å². The molecule has 28 heavy (non-hydrogen) atoms. The number of esters is 1. The Balaban J connectivity index is 1.51. The van der Waals surface area contributed by atoms with Gasteiger partial charge in [0.25, 0.3) is 0 Å². The van der Waals surface area contributed by atoms with Crippen LogP contribution in [0, 0.1) is 5.41 Å². The van der Waals surface area contributed by atoms with Gasteiger partial charge in [-0.3, -0.25) is 4.79 Å². The van der Waals surface area contributed by atoms with Crippen molar-refractivity contribution in [2.75, 3.05) is 0 Å². The van der Waals surface area contributed by atoms with Crippen LogP contribution in [0.5, 0.6) is 5.75 Å². The zero-order valence-electron chi connectivity index (χ0n) is 18.2. The molecule has 3 aliphatic carbocycles. The maximum atomic E-state index is 11.8. The smallest absolute Gasteiger partial charge is 0.311 e. The summed E-state index contributed by atoms with van der Waals surface area (Å²) in [7, 11) is 0. The summed E-state index contributed by atoms with van der Waals surface area (Å²) in [6.45, 7) is 4.39. The van der Waals surface area contributed by atoms with Gasteiger partial charge in [-0.25, -0.2) is 0 Å². The lowest BCUT2D eigenvalue weighted by Crippen LogP contribution is -2.44. The predicted octanol–water partition coefficient (Wildman–Crippen LogP) is 7.73. The number of carbonyl (C=O) groups is 1. The molecule has 0 amide bonds. The summed E-state index contributed by atoms with van der Waals surface area (Å²) in [6, 6.07) is 8.48. The van der Waals surface area contributed by atoms with Gasteiger partial charge in [0, 0.05) is 6.42 Å². The maximum absolute atomic E-state index is 11.8. The Hall–Kier alpha value is -1.31. The van der Waals surface area contributed by atoms with Gasteiger partial charge < -0.3 is 4.74 Å². The number of rotatable bonds is 11. The van der Waals surface area contributed by atoms with Gasteiger partial charge in [-0.1, -0.05) is 64.5 Å². The van der Waals surface area contributed by atoms with Gasteiger partial charge in [-0.2, -0.15) is 0 Å². The Labute approximate surface area is 172 Å². The highest BCUT2D eigenvalue weighted by Gasteiger charge is 2.48. The second-order valence-electron chi connectivity index (χ2n) is 9.55. The van der Waals surface area contributed by atoms with Gasteiger partial charge in [-0.05, 0) is 79.9 Å². The van der Waals surface area contributed by atoms with E-state index in [1.54, 1.807) is 0 Å². The molecule has 0 atom stereocenters. The third-order valence-electron chi connectivity index (χ3n) is 7.65. The molecule has 4 rings (SSSR count). The fourth-order valence-corrected chi connectivity index (χ4v) is 5.56. The molecule has 0 spiro atoms. The number of carbonyl (C=O) groups excluding carboxylic acids is 1. The highest BCUT2D eigenvalue weighted by molar-refractivity contribution is 5.72. The Morgan fingerprint density at radius 1 is 0.821 bits per heavy atom. The van der Waals surface area contributed by atoms with Crippen molar-refractivity contribution in [3.63, 3.8) is 0 Å². The van der Waals surface area contributed by atoms with Crippen LogP contribution in [0.1, 0.15) is 116 Å². The van der Waals surface area contributed by atoms with E-state index in [2.05, 4.69) is 26.0 Å². The third-order valence-corrected chi connectivity index (χ3v) is 7.65. The minimum absolute atomic E-state index is 0.105. The largest absolute Gasteiger partial charge is 0.427 e. The monoisotopic (exact) mass is 384 g/mol. The number of unbranched alkanes of at least 4 members (excludes halogenated alkanes) is 5. The van der Waals surface area contributed by atoms with Crippen molar-refractivity contribution in [2.45, 2.75) is 116 Å². The first-order valence-electron chi connectivity index (χ1n) is 11.9. The van der Waals surface area contributed by atoms with Crippen LogP contribution < -0.4 is 4.74 Å². The van der Waals surface area contributed by atoms with E-state index in [4.69, 9.17) is 4.74 Å². The van der Waals surface area contributed by atoms with Crippen molar-refractivity contribution >= 4 is 5.97 Å². The molecule has 0 aliphatic heterocycles. The second-order valence-corrected chi connectivity index (χ2v) is 9.55. The number of hydrogen-bond donors (Lipinski definition) is 0. The van der Waals surface area contributed by atoms with Crippen LogP contribution in [-0.2, 0) is 10.2 Å². The Kier molecular flexibility index (Phi) is 7.60. The molecular weight excluding hydrogens is 344 g/mol. The molecule has 0 N–H and O–H groups in total. The van der Waals surface area contributed by atoms with Gasteiger partial charge in [-0.15, -0.1) is 0 Å². The molecule has 156 valence electrons. The lowest BCUT2D eigenvalue weighted by atomic mass is 9.51. The van der Waals surface area contributed by atoms with Crippen molar-refractivity contribution in [3.8, 4) is 5.75 Å². The third kappa shape index (κ3) is 5.19. The van der Waals surface area contributed by atoms with Crippen LogP contribution in [0.15, 0.2) is 24.3 Å². The fourth-order valence-electron chi connectivity index (χ4n) is 5.56. The minimum atomic E-state index is -0.105. The molecule has 0 radical (unpaired) electrons. The first-order chi connectivity index (χ1) is 13.6. The van der Waals surface area contributed by atoms with Crippen LogP contribution in [0.3, 0.4) is 0 Å². The first-order valence-corrected chi connectivity index (χ1v) is 11.9. The molecule has 1 aromatic rings. The lowest BCUT2D eigenvalue weighted by Gasteiger charge is -2.54. The minimum Gasteiger partial charge on any atom is -0.427 e.